The molecule has 1 heterocycles. The van der Waals surface area contributed by atoms with Gasteiger partial charge < -0.3 is 9.84 Å². The third-order valence-corrected chi connectivity index (χ3v) is 5.04. The molecule has 0 saturated heterocycles. The maximum Gasteiger partial charge on any atom is 0.337 e. The fourth-order valence-electron chi connectivity index (χ4n) is 3.39. The first-order chi connectivity index (χ1) is 14.0. The third kappa shape index (κ3) is 4.47. The summed E-state index contributed by atoms with van der Waals surface area (Å²) in [4.78, 5) is 27.7. The fraction of sp³-hybridized carbons (Fsp3) is 0.261. The zero-order chi connectivity index (χ0) is 21.0. The minimum absolute atomic E-state index is 0.320. The summed E-state index contributed by atoms with van der Waals surface area (Å²) in [5.74, 6) is -1.05. The molecule has 2 aromatic carbocycles. The molecule has 1 aromatic heterocycles. The Morgan fingerprint density at radius 2 is 1.97 bits per heavy atom. The van der Waals surface area contributed by atoms with Gasteiger partial charge in [-0.3, -0.25) is 4.79 Å². The number of aliphatic carboxylic acids is 1. The molecule has 0 amide bonds. The molecule has 3 rings (SSSR count). The van der Waals surface area contributed by atoms with E-state index >= 15 is 0 Å². The lowest BCUT2D eigenvalue weighted by Gasteiger charge is -2.22. The average molecular weight is 412 g/mol. The van der Waals surface area contributed by atoms with E-state index in [1.165, 1.54) is 0 Å². The number of benzene rings is 2. The van der Waals surface area contributed by atoms with Crippen LogP contribution in [-0.2, 0) is 9.53 Å². The van der Waals surface area contributed by atoms with E-state index in [0.29, 0.717) is 34.7 Å². The SMILES string of the molecule is CCCCOC(C(=O)O)c1c(C)cc2nc(C=O)ccc2c1-c1ccc(Cl)cc1. The highest BCUT2D eigenvalue weighted by atomic mass is 35.5. The monoisotopic (exact) mass is 411 g/mol. The maximum atomic E-state index is 12.1. The van der Waals surface area contributed by atoms with E-state index in [1.807, 2.05) is 26.0 Å². The molecule has 5 nitrogen and oxygen atoms in total. The van der Waals surface area contributed by atoms with E-state index in [2.05, 4.69) is 4.98 Å². The molecule has 6 heteroatoms. The van der Waals surface area contributed by atoms with E-state index in [-0.39, 0.29) is 0 Å². The highest BCUT2D eigenvalue weighted by Crippen LogP contribution is 2.39. The average Bonchev–Trinajstić information content (AvgIpc) is 2.71. The molecule has 0 spiro atoms. The van der Waals surface area contributed by atoms with Gasteiger partial charge in [0.1, 0.15) is 5.69 Å². The predicted molar refractivity (Wildman–Crippen MR) is 114 cm³/mol. The number of ether oxygens (including phenoxy) is 1. The van der Waals surface area contributed by atoms with Gasteiger partial charge in [-0.1, -0.05) is 37.1 Å². The fourth-order valence-corrected chi connectivity index (χ4v) is 3.52. The Morgan fingerprint density at radius 3 is 2.59 bits per heavy atom. The van der Waals surface area contributed by atoms with Crippen LogP contribution < -0.4 is 0 Å². The number of hydrogen-bond acceptors (Lipinski definition) is 4. The van der Waals surface area contributed by atoms with Crippen LogP contribution in [0, 0.1) is 6.92 Å². The standard InChI is InChI=1S/C23H22ClNO4/c1-3-4-11-29-22(23(27)28)20-14(2)12-19-18(10-9-17(13-26)25-19)21(20)15-5-7-16(24)8-6-15/h5-10,12-13,22H,3-4,11H2,1-2H3,(H,27,28). The van der Waals surface area contributed by atoms with Crippen LogP contribution in [0.5, 0.6) is 0 Å². The van der Waals surface area contributed by atoms with Crippen molar-refractivity contribution in [2.75, 3.05) is 6.61 Å². The molecule has 150 valence electrons. The second-order valence-corrected chi connectivity index (χ2v) is 7.29. The van der Waals surface area contributed by atoms with Crippen molar-refractivity contribution in [3.63, 3.8) is 0 Å². The van der Waals surface area contributed by atoms with Gasteiger partial charge in [0.15, 0.2) is 12.4 Å². The van der Waals surface area contributed by atoms with Crippen LogP contribution in [0.25, 0.3) is 22.0 Å². The van der Waals surface area contributed by atoms with Gasteiger partial charge in [-0.25, -0.2) is 9.78 Å². The lowest BCUT2D eigenvalue weighted by Crippen LogP contribution is -2.18. The maximum absolute atomic E-state index is 12.1. The molecular formula is C23H22ClNO4. The van der Waals surface area contributed by atoms with Crippen LogP contribution in [0.3, 0.4) is 0 Å². The van der Waals surface area contributed by atoms with Crippen LogP contribution >= 0.6 is 11.6 Å². The summed E-state index contributed by atoms with van der Waals surface area (Å²) in [5.41, 5.74) is 3.81. The number of nitrogens with zero attached hydrogens (tertiary/aromatic N) is 1. The summed E-state index contributed by atoms with van der Waals surface area (Å²) in [5, 5.41) is 11.3. The number of fused-ring (bicyclic) bond motifs is 1. The highest BCUT2D eigenvalue weighted by Gasteiger charge is 2.28. The normalized spacial score (nSPS) is 12.1. The van der Waals surface area contributed by atoms with Crippen molar-refractivity contribution in [1.29, 1.82) is 0 Å². The summed E-state index contributed by atoms with van der Waals surface area (Å²) in [6.07, 6.45) is 1.27. The van der Waals surface area contributed by atoms with Gasteiger partial charge in [0.05, 0.1) is 5.52 Å². The van der Waals surface area contributed by atoms with Crippen molar-refractivity contribution >= 4 is 34.8 Å². The summed E-state index contributed by atoms with van der Waals surface area (Å²) >= 11 is 6.06. The number of unbranched alkanes of at least 4 members (excludes halogenated alkanes) is 1. The van der Waals surface area contributed by atoms with Gasteiger partial charge in [0.2, 0.25) is 0 Å². The smallest absolute Gasteiger partial charge is 0.337 e. The second kappa shape index (κ2) is 9.16. The van der Waals surface area contributed by atoms with Crippen LogP contribution in [-0.4, -0.2) is 29.0 Å². The van der Waals surface area contributed by atoms with Crippen molar-refractivity contribution in [3.05, 3.63) is 64.3 Å². The van der Waals surface area contributed by atoms with Gasteiger partial charge in [-0.15, -0.1) is 0 Å². The molecule has 0 aliphatic carbocycles. The van der Waals surface area contributed by atoms with E-state index in [9.17, 15) is 14.7 Å². The zero-order valence-electron chi connectivity index (χ0n) is 16.3. The van der Waals surface area contributed by atoms with E-state index in [4.69, 9.17) is 16.3 Å². The number of hydrogen-bond donors (Lipinski definition) is 1. The molecule has 29 heavy (non-hydrogen) atoms. The molecule has 0 aliphatic rings. The topological polar surface area (TPSA) is 76.5 Å². The van der Waals surface area contributed by atoms with Crippen molar-refractivity contribution in [3.8, 4) is 11.1 Å². The van der Waals surface area contributed by atoms with Gasteiger partial charge in [-0.05, 0) is 60.4 Å². The Labute approximate surface area is 174 Å². The van der Waals surface area contributed by atoms with E-state index in [1.54, 1.807) is 30.3 Å². The first kappa shape index (κ1) is 21.0. The summed E-state index contributed by atoms with van der Waals surface area (Å²) in [6.45, 7) is 4.21. The minimum atomic E-state index is -1.11. The quantitative estimate of drug-likeness (QED) is 0.384. The van der Waals surface area contributed by atoms with Crippen LogP contribution in [0.2, 0.25) is 5.02 Å². The molecule has 1 atom stereocenters. The van der Waals surface area contributed by atoms with Gasteiger partial charge >= 0.3 is 5.97 Å². The van der Waals surface area contributed by atoms with Crippen molar-refractivity contribution < 1.29 is 19.4 Å². The lowest BCUT2D eigenvalue weighted by atomic mass is 9.88. The molecule has 0 bridgehead atoms. The number of rotatable bonds is 8. The van der Waals surface area contributed by atoms with Gasteiger partial charge in [-0.2, -0.15) is 0 Å². The van der Waals surface area contributed by atoms with Crippen LogP contribution in [0.15, 0.2) is 42.5 Å². The Morgan fingerprint density at radius 1 is 1.24 bits per heavy atom. The lowest BCUT2D eigenvalue weighted by molar-refractivity contribution is -0.151. The Balaban J connectivity index is 2.30. The van der Waals surface area contributed by atoms with Crippen molar-refractivity contribution in [1.82, 2.24) is 4.98 Å². The highest BCUT2D eigenvalue weighted by molar-refractivity contribution is 6.30. The van der Waals surface area contributed by atoms with Crippen molar-refractivity contribution in [2.24, 2.45) is 0 Å². The van der Waals surface area contributed by atoms with Gasteiger partial charge in [0, 0.05) is 22.6 Å². The number of aromatic nitrogens is 1. The zero-order valence-corrected chi connectivity index (χ0v) is 17.1. The number of carboxylic acids is 1. The third-order valence-electron chi connectivity index (χ3n) is 4.79. The van der Waals surface area contributed by atoms with E-state index < -0.39 is 12.1 Å². The first-order valence-electron chi connectivity index (χ1n) is 9.46. The Bertz CT molecular complexity index is 1050. The predicted octanol–water partition coefficient (Wildman–Crippen LogP) is 5.62. The number of carboxylic acid groups (broad SMARTS) is 1. The number of aldehydes is 1. The summed E-state index contributed by atoms with van der Waals surface area (Å²) in [7, 11) is 0. The van der Waals surface area contributed by atoms with Crippen LogP contribution in [0.1, 0.15) is 47.5 Å². The summed E-state index contributed by atoms with van der Waals surface area (Å²) in [6, 6.07) is 12.4. The molecule has 0 saturated carbocycles. The molecule has 0 radical (unpaired) electrons. The molecular weight excluding hydrogens is 390 g/mol. The number of aryl methyl sites for hydroxylation is 1. The van der Waals surface area contributed by atoms with Gasteiger partial charge in [0.25, 0.3) is 0 Å². The van der Waals surface area contributed by atoms with Crippen LogP contribution in [0.4, 0.5) is 0 Å². The second-order valence-electron chi connectivity index (χ2n) is 6.85. The largest absolute Gasteiger partial charge is 0.479 e. The first-order valence-corrected chi connectivity index (χ1v) is 9.83. The number of carbonyl (C=O) groups excluding carboxylic acids is 1. The van der Waals surface area contributed by atoms with Crippen molar-refractivity contribution in [2.45, 2.75) is 32.8 Å². The molecule has 0 aliphatic heterocycles. The Kier molecular flexibility index (Phi) is 6.62. The number of pyridine rings is 1. The number of halogens is 1. The summed E-state index contributed by atoms with van der Waals surface area (Å²) < 4.78 is 5.79. The minimum Gasteiger partial charge on any atom is -0.479 e. The molecule has 0 fully saturated rings. The molecule has 3 aromatic rings. The Hall–Kier alpha value is -2.76. The van der Waals surface area contributed by atoms with E-state index in [0.717, 1.165) is 34.9 Å². The number of carbonyl (C=O) groups is 2. The molecule has 1 unspecified atom stereocenters. The molecule has 1 N–H and O–H groups in total.